The summed E-state index contributed by atoms with van der Waals surface area (Å²) in [6.45, 7) is 3.44. The molecule has 0 saturated carbocycles. The van der Waals surface area contributed by atoms with Gasteiger partial charge in [-0.2, -0.15) is 0 Å². The van der Waals surface area contributed by atoms with Gasteiger partial charge >= 0.3 is 6.03 Å². The molecule has 2 aromatic rings. The van der Waals surface area contributed by atoms with E-state index < -0.39 is 5.54 Å². The Kier molecular flexibility index (Phi) is 6.77. The number of ether oxygens (including phenoxy) is 1. The number of amides is 3. The van der Waals surface area contributed by atoms with Crippen molar-refractivity contribution in [3.8, 4) is 5.75 Å². The molecule has 1 spiro atoms. The van der Waals surface area contributed by atoms with Crippen molar-refractivity contribution >= 4 is 11.9 Å². The van der Waals surface area contributed by atoms with Gasteiger partial charge < -0.3 is 14.7 Å². The third-order valence-electron chi connectivity index (χ3n) is 6.63. The summed E-state index contributed by atoms with van der Waals surface area (Å²) in [6.07, 6.45) is 1.88. The molecule has 2 aromatic carbocycles. The van der Waals surface area contributed by atoms with Gasteiger partial charge in [0.1, 0.15) is 11.3 Å². The molecule has 0 bridgehead atoms. The number of methoxy groups -OCH3 is 1. The highest BCUT2D eigenvalue weighted by atomic mass is 16.5. The van der Waals surface area contributed by atoms with Crippen molar-refractivity contribution in [3.05, 3.63) is 65.7 Å². The highest BCUT2D eigenvalue weighted by Gasteiger charge is 2.57. The molecule has 2 aliphatic rings. The highest BCUT2D eigenvalue weighted by molar-refractivity contribution is 6.07. The summed E-state index contributed by atoms with van der Waals surface area (Å²) in [5.74, 6) is 0.185. The van der Waals surface area contributed by atoms with Gasteiger partial charge in [-0.25, -0.2) is 4.79 Å². The van der Waals surface area contributed by atoms with Crippen LogP contribution in [-0.4, -0.2) is 77.2 Å². The number of urea groups is 1. The Morgan fingerprint density at radius 2 is 1.62 bits per heavy atom. The Labute approximate surface area is 189 Å². The zero-order valence-corrected chi connectivity index (χ0v) is 18.6. The number of phenolic OH excluding ortho intramolecular Hbond substituents is 1. The van der Waals surface area contributed by atoms with Crippen LogP contribution in [0.3, 0.4) is 0 Å². The van der Waals surface area contributed by atoms with E-state index >= 15 is 0 Å². The molecule has 0 radical (unpaired) electrons. The average Bonchev–Trinajstić information content (AvgIpc) is 3.00. The molecule has 170 valence electrons. The van der Waals surface area contributed by atoms with Crippen molar-refractivity contribution in [2.45, 2.75) is 31.3 Å². The predicted octanol–water partition coefficient (Wildman–Crippen LogP) is 2.88. The smallest absolute Gasteiger partial charge is 0.327 e. The number of aromatic hydroxyl groups is 1. The zero-order valence-electron chi connectivity index (χ0n) is 18.6. The lowest BCUT2D eigenvalue weighted by molar-refractivity contribution is -0.135. The SMILES string of the molecule is COCCN1C(=O)N(CCc2ccccc2)C(=O)C12CCN(Cc1ccc(O)cc1)CC2. The van der Waals surface area contributed by atoms with Crippen molar-refractivity contribution in [3.63, 3.8) is 0 Å². The number of imide groups is 1. The molecule has 0 atom stereocenters. The van der Waals surface area contributed by atoms with Crippen LogP contribution < -0.4 is 0 Å². The Bertz CT molecular complexity index is 924. The van der Waals surface area contributed by atoms with Crippen LogP contribution in [0.4, 0.5) is 4.79 Å². The van der Waals surface area contributed by atoms with Crippen LogP contribution in [0, 0.1) is 0 Å². The van der Waals surface area contributed by atoms with E-state index in [-0.39, 0.29) is 17.7 Å². The van der Waals surface area contributed by atoms with Gasteiger partial charge in [-0.3, -0.25) is 14.6 Å². The molecule has 2 saturated heterocycles. The van der Waals surface area contributed by atoms with Gasteiger partial charge in [-0.15, -0.1) is 0 Å². The molecule has 7 heteroatoms. The first-order valence-corrected chi connectivity index (χ1v) is 11.2. The summed E-state index contributed by atoms with van der Waals surface area (Å²) in [4.78, 5) is 32.3. The predicted molar refractivity (Wildman–Crippen MR) is 121 cm³/mol. The number of benzene rings is 2. The summed E-state index contributed by atoms with van der Waals surface area (Å²) >= 11 is 0. The molecule has 1 N–H and O–H groups in total. The fourth-order valence-corrected chi connectivity index (χ4v) is 4.78. The topological polar surface area (TPSA) is 73.3 Å². The van der Waals surface area contributed by atoms with E-state index in [2.05, 4.69) is 4.90 Å². The molecule has 2 aliphatic heterocycles. The molecule has 4 rings (SSSR count). The fourth-order valence-electron chi connectivity index (χ4n) is 4.78. The fraction of sp³-hybridized carbons (Fsp3) is 0.440. The van der Waals surface area contributed by atoms with Gasteiger partial charge in [0.2, 0.25) is 0 Å². The molecule has 2 fully saturated rings. The zero-order chi connectivity index (χ0) is 22.6. The van der Waals surface area contributed by atoms with E-state index in [0.29, 0.717) is 39.0 Å². The van der Waals surface area contributed by atoms with Gasteiger partial charge in [0.25, 0.3) is 5.91 Å². The molecule has 32 heavy (non-hydrogen) atoms. The lowest BCUT2D eigenvalue weighted by Gasteiger charge is -2.42. The van der Waals surface area contributed by atoms with E-state index in [1.807, 2.05) is 42.5 Å². The minimum atomic E-state index is -0.780. The number of hydrogen-bond acceptors (Lipinski definition) is 5. The molecule has 0 aromatic heterocycles. The lowest BCUT2D eigenvalue weighted by Crippen LogP contribution is -2.57. The summed E-state index contributed by atoms with van der Waals surface area (Å²) in [6, 6.07) is 17.0. The minimum absolute atomic E-state index is 0.0705. The molecule has 3 amide bonds. The largest absolute Gasteiger partial charge is 0.508 e. The Morgan fingerprint density at radius 1 is 0.938 bits per heavy atom. The molecule has 2 heterocycles. The van der Waals surface area contributed by atoms with E-state index in [1.54, 1.807) is 24.1 Å². The molecule has 0 unspecified atom stereocenters. The maximum absolute atomic E-state index is 13.6. The van der Waals surface area contributed by atoms with E-state index in [4.69, 9.17) is 4.74 Å². The maximum atomic E-state index is 13.6. The van der Waals surface area contributed by atoms with Gasteiger partial charge in [0.05, 0.1) is 6.61 Å². The van der Waals surface area contributed by atoms with Gasteiger partial charge in [-0.05, 0) is 42.5 Å². The van der Waals surface area contributed by atoms with Crippen LogP contribution in [0.15, 0.2) is 54.6 Å². The van der Waals surface area contributed by atoms with Crippen molar-refractivity contribution < 1.29 is 19.4 Å². The quantitative estimate of drug-likeness (QED) is 0.643. The number of nitrogens with zero attached hydrogens (tertiary/aromatic N) is 3. The molecular weight excluding hydrogens is 406 g/mol. The Morgan fingerprint density at radius 3 is 2.28 bits per heavy atom. The van der Waals surface area contributed by atoms with Crippen molar-refractivity contribution in [1.29, 1.82) is 0 Å². The standard InChI is InChI=1S/C25H31N3O4/c1-32-18-17-28-24(31)27(14-11-20-5-3-2-4-6-20)23(30)25(28)12-15-26(16-13-25)19-21-7-9-22(29)10-8-21/h2-10,29H,11-19H2,1H3. The van der Waals surface area contributed by atoms with Crippen LogP contribution in [-0.2, 0) is 22.5 Å². The monoisotopic (exact) mass is 437 g/mol. The normalized spacial score (nSPS) is 18.7. The number of carbonyl (C=O) groups excluding carboxylic acids is 2. The number of rotatable bonds is 8. The van der Waals surface area contributed by atoms with Crippen LogP contribution in [0.2, 0.25) is 0 Å². The van der Waals surface area contributed by atoms with Crippen LogP contribution in [0.25, 0.3) is 0 Å². The van der Waals surface area contributed by atoms with Crippen molar-refractivity contribution in [2.24, 2.45) is 0 Å². The Balaban J connectivity index is 1.45. The van der Waals surface area contributed by atoms with E-state index in [9.17, 15) is 14.7 Å². The van der Waals surface area contributed by atoms with Crippen LogP contribution in [0.5, 0.6) is 5.75 Å². The molecule has 7 nitrogen and oxygen atoms in total. The van der Waals surface area contributed by atoms with E-state index in [0.717, 1.165) is 30.8 Å². The first-order chi connectivity index (χ1) is 15.5. The third-order valence-corrected chi connectivity index (χ3v) is 6.63. The third kappa shape index (κ3) is 4.49. The first kappa shape index (κ1) is 22.3. The highest BCUT2D eigenvalue weighted by Crippen LogP contribution is 2.37. The second-order valence-electron chi connectivity index (χ2n) is 8.59. The molecule has 0 aliphatic carbocycles. The second kappa shape index (κ2) is 9.71. The number of carbonyl (C=O) groups is 2. The minimum Gasteiger partial charge on any atom is -0.508 e. The number of piperidine rings is 1. The van der Waals surface area contributed by atoms with Crippen molar-refractivity contribution in [2.75, 3.05) is 39.9 Å². The number of phenols is 1. The van der Waals surface area contributed by atoms with Crippen LogP contribution >= 0.6 is 0 Å². The first-order valence-electron chi connectivity index (χ1n) is 11.2. The maximum Gasteiger partial charge on any atom is 0.327 e. The average molecular weight is 438 g/mol. The van der Waals surface area contributed by atoms with Gasteiger partial charge in [0, 0.05) is 39.8 Å². The van der Waals surface area contributed by atoms with Gasteiger partial charge in [0.15, 0.2) is 0 Å². The number of likely N-dealkylation sites (tertiary alicyclic amines) is 1. The lowest BCUT2D eigenvalue weighted by atomic mass is 9.85. The van der Waals surface area contributed by atoms with Crippen LogP contribution in [0.1, 0.15) is 24.0 Å². The summed E-state index contributed by atoms with van der Waals surface area (Å²) in [7, 11) is 1.61. The summed E-state index contributed by atoms with van der Waals surface area (Å²) < 4.78 is 5.24. The summed E-state index contributed by atoms with van der Waals surface area (Å²) in [5.41, 5.74) is 1.45. The summed E-state index contributed by atoms with van der Waals surface area (Å²) in [5, 5.41) is 9.49. The second-order valence-corrected chi connectivity index (χ2v) is 8.59. The Hall–Kier alpha value is -2.90. The van der Waals surface area contributed by atoms with E-state index in [1.165, 1.54) is 4.90 Å². The van der Waals surface area contributed by atoms with Gasteiger partial charge in [-0.1, -0.05) is 42.5 Å². The molecular formula is C25H31N3O4. The number of hydrogen-bond donors (Lipinski definition) is 1. The van der Waals surface area contributed by atoms with Crippen molar-refractivity contribution in [1.82, 2.24) is 14.7 Å².